The van der Waals surface area contributed by atoms with Crippen LogP contribution in [0.4, 0.5) is 0 Å². The number of rotatable bonds is 26. The quantitative estimate of drug-likeness (QED) is 0.0416. The number of aliphatic hydroxyl groups excluding tert-OH is 8. The van der Waals surface area contributed by atoms with E-state index in [0.29, 0.717) is 11.1 Å². The Kier molecular flexibility index (Phi) is 21.1. The van der Waals surface area contributed by atoms with E-state index in [-0.39, 0.29) is 31.2 Å². The number of carbonyl (C=O) groups excluding carboxylic acids is 5. The van der Waals surface area contributed by atoms with Crippen LogP contribution in [-0.4, -0.2) is 294 Å². The molecule has 1 aliphatic carbocycles. The Hall–Kier alpha value is -6.43. The molecule has 7 aliphatic heterocycles. The highest BCUT2D eigenvalue weighted by Crippen LogP contribution is 2.71. The number of ether oxygens (including phenoxy) is 9. The van der Waals surface area contributed by atoms with Crippen molar-refractivity contribution in [1.29, 1.82) is 10.8 Å². The molecule has 2 aromatic carbocycles. The van der Waals surface area contributed by atoms with Crippen molar-refractivity contribution < 1.29 is 118 Å². The molecular weight excluding hydrogens is 1270 g/mol. The van der Waals surface area contributed by atoms with Crippen molar-refractivity contribution in [2.24, 2.45) is 11.1 Å². The van der Waals surface area contributed by atoms with Gasteiger partial charge in [-0.15, -0.1) is 0 Å². The average molecular weight is 1360 g/mol. The van der Waals surface area contributed by atoms with Crippen LogP contribution in [0.15, 0.2) is 54.6 Å². The smallest absolute Gasteiger partial charge is 0.246 e. The topological polar surface area (TPSA) is 532 Å². The molecule has 20 unspecified atom stereocenters. The lowest BCUT2D eigenvalue weighted by molar-refractivity contribution is -0.345. The molecule has 35 nitrogen and oxygen atoms in total. The number of nitrogens with zero attached hydrogens (tertiary/aromatic N) is 1. The van der Waals surface area contributed by atoms with Crippen LogP contribution in [0.2, 0.25) is 0 Å². The summed E-state index contributed by atoms with van der Waals surface area (Å²) in [6.45, 7) is 7.25. The maximum Gasteiger partial charge on any atom is 0.246 e. The second kappa shape index (κ2) is 28.1. The summed E-state index contributed by atoms with van der Waals surface area (Å²) in [7, 11) is 0. The van der Waals surface area contributed by atoms with E-state index in [4.69, 9.17) is 59.2 Å². The fraction of sp³-hybridized carbons (Fsp3) is 0.689. The molecule has 8 fully saturated rings. The van der Waals surface area contributed by atoms with E-state index in [0.717, 1.165) is 4.90 Å². The van der Waals surface area contributed by atoms with Crippen LogP contribution in [0, 0.1) is 16.2 Å². The molecule has 7 saturated heterocycles. The van der Waals surface area contributed by atoms with Gasteiger partial charge in [-0.1, -0.05) is 63.2 Å². The van der Waals surface area contributed by atoms with Gasteiger partial charge in [0.1, 0.15) is 103 Å². The Labute approximate surface area is 550 Å². The summed E-state index contributed by atoms with van der Waals surface area (Å²) in [6.07, 6.45) is -20.5. The Bertz CT molecular complexity index is 3160. The van der Waals surface area contributed by atoms with Crippen LogP contribution in [0.25, 0.3) is 0 Å². The van der Waals surface area contributed by atoms with E-state index in [1.54, 1.807) is 65.0 Å². The molecular formula is C61H88N11O24. The first kappa shape index (κ1) is 72.3. The van der Waals surface area contributed by atoms with E-state index in [9.17, 15) is 65.4 Å². The van der Waals surface area contributed by atoms with Crippen molar-refractivity contribution in [3.63, 3.8) is 0 Å². The van der Waals surface area contributed by atoms with Crippen LogP contribution in [0.1, 0.15) is 65.5 Å². The summed E-state index contributed by atoms with van der Waals surface area (Å²) in [5, 5.41) is 146. The van der Waals surface area contributed by atoms with Gasteiger partial charge in [-0.3, -0.25) is 34.8 Å². The molecule has 96 heavy (non-hydrogen) atoms. The van der Waals surface area contributed by atoms with Gasteiger partial charge in [0.05, 0.1) is 44.6 Å². The van der Waals surface area contributed by atoms with Crippen LogP contribution in [-0.2, 0) is 68.3 Å². The highest BCUT2D eigenvalue weighted by Gasteiger charge is 2.91. The first-order chi connectivity index (χ1) is 45.3. The van der Waals surface area contributed by atoms with Gasteiger partial charge in [-0.25, -0.2) is 0 Å². The summed E-state index contributed by atoms with van der Waals surface area (Å²) in [5.41, 5.74) is 1.82. The molecule has 35 heteroatoms. The second-order valence-corrected chi connectivity index (χ2v) is 26.8. The lowest BCUT2D eigenvalue weighted by Crippen LogP contribution is -2.69. The number of hydrogen-bond acceptors (Lipinski definition) is 27. The average Bonchev–Trinajstić information content (AvgIpc) is 1.46. The summed E-state index contributed by atoms with van der Waals surface area (Å²) in [4.78, 5) is 72.0. The molecule has 1 saturated carbocycles. The molecule has 0 aromatic heterocycles. The molecule has 531 valence electrons. The molecule has 1 radical (unpaired) electrons. The van der Waals surface area contributed by atoms with Crippen molar-refractivity contribution >= 4 is 41.8 Å². The van der Waals surface area contributed by atoms with Crippen molar-refractivity contribution in [1.82, 2.24) is 42.1 Å². The number of amides is 4. The zero-order valence-corrected chi connectivity index (χ0v) is 53.6. The van der Waals surface area contributed by atoms with Gasteiger partial charge in [-0.2, -0.15) is 0 Å². The van der Waals surface area contributed by atoms with Crippen molar-refractivity contribution in [2.45, 2.75) is 218 Å². The van der Waals surface area contributed by atoms with Gasteiger partial charge in [0.15, 0.2) is 47.7 Å². The number of carbonyl (C=O) groups is 4. The fourth-order valence-electron chi connectivity index (χ4n) is 14.0. The maximum atomic E-state index is 15.1. The van der Waals surface area contributed by atoms with E-state index < -0.39 is 224 Å². The Morgan fingerprint density at radius 3 is 1.94 bits per heavy atom. The molecule has 10 rings (SSSR count). The SMILES string of the molecule is CC(c1ccccc1)[C@H](N)C(=O)N[C@@H](Cc1ccc(OC2OC(CO)C(OC3OC(CO)C(O)C4(O)C(C)(C)C34O)C3OC(C)(C)OC23)cc1)C(=O)N[C@H](C(=O)N[C@H](C(=O)N[C@H]([C]=O)CO)C(O)C1CNC(=N)N1C1OC(CO)C(O)C2OC(C)(C)OC21)C(O)C1CNC(=N)N1. The summed E-state index contributed by atoms with van der Waals surface area (Å²) < 4.78 is 55.6. The predicted molar refractivity (Wildman–Crippen MR) is 326 cm³/mol. The zero-order valence-electron chi connectivity index (χ0n) is 53.6. The number of guanidine groups is 2. The standard InChI is InChI=1S/C61H88N11O24/c1-25(27-11-9-8-10-12-27)36(62)49(83)68-30(17-26-13-15-29(16-14-26)88-53-46-44(94-59(6,7)96-46)42(34(23-76)90-53)92-54-61(87)57(2,3)60(61,86)47(81)35(24-77)91-54)48(82)70-37(39(78)31-18-65-55(63)69-31)51(85)71-38(50(84)67-28(20-73)21-74)40(79)32-19-66-56(64)72(32)52-45-43(93-58(4,5)95-45)41(80)33(22-75)89-52/h8-16,25,28,30-47,52-54,73,75-81,86-87H,17-20,22-24,62H2,1-7H3,(H2,64,66)(H,67,84)(H,68,83)(H,70,82)(H,71,85)(H3,63,65,69)/t25?,28-,30-,31?,32?,33?,34?,35?,36-,37-,38-,39?,40?,41?,42?,43?,44?,45?,46?,47?,52?,53?,54?,60?,61?/m0/s1. The van der Waals surface area contributed by atoms with Crippen molar-refractivity contribution in [2.75, 3.05) is 39.5 Å². The monoisotopic (exact) mass is 1360 g/mol. The molecule has 0 bridgehead atoms. The summed E-state index contributed by atoms with van der Waals surface area (Å²) >= 11 is 0. The number of nitrogens with two attached hydrogens (primary N) is 1. The normalized spacial score (nSPS) is 36.3. The number of benzene rings is 2. The Morgan fingerprint density at radius 1 is 0.719 bits per heavy atom. The third-order valence-electron chi connectivity index (χ3n) is 19.5. The Morgan fingerprint density at radius 2 is 1.32 bits per heavy atom. The third kappa shape index (κ3) is 13.5. The van der Waals surface area contributed by atoms with E-state index in [1.165, 1.54) is 44.4 Å². The van der Waals surface area contributed by atoms with Gasteiger partial charge in [0.25, 0.3) is 0 Å². The van der Waals surface area contributed by atoms with Crippen LogP contribution in [0.3, 0.4) is 0 Å². The largest absolute Gasteiger partial charge is 0.462 e. The van der Waals surface area contributed by atoms with Crippen molar-refractivity contribution in [3.8, 4) is 5.75 Å². The number of nitrogens with one attached hydrogen (secondary N) is 9. The highest BCUT2D eigenvalue weighted by atomic mass is 16.8. The first-order valence-electron chi connectivity index (χ1n) is 31.6. The molecule has 21 N–H and O–H groups in total. The number of hydrogen-bond donors (Lipinski definition) is 20. The minimum atomic E-state index is -2.20. The van der Waals surface area contributed by atoms with Crippen LogP contribution in [0.5, 0.6) is 5.75 Å². The molecule has 7 heterocycles. The molecule has 4 amide bonds. The van der Waals surface area contributed by atoms with Gasteiger partial charge < -0.3 is 142 Å². The van der Waals surface area contributed by atoms with E-state index in [1.807, 2.05) is 0 Å². The summed E-state index contributed by atoms with van der Waals surface area (Å²) in [5.74, 6) is -8.48. The van der Waals surface area contributed by atoms with E-state index in [2.05, 4.69) is 37.2 Å². The molecule has 2 aromatic rings. The minimum Gasteiger partial charge on any atom is -0.462 e. The van der Waals surface area contributed by atoms with E-state index >= 15 is 9.59 Å². The molecule has 25 atom stereocenters. The molecule has 8 aliphatic rings. The van der Waals surface area contributed by atoms with Crippen LogP contribution >= 0.6 is 0 Å². The van der Waals surface area contributed by atoms with Gasteiger partial charge >= 0.3 is 0 Å². The van der Waals surface area contributed by atoms with Crippen molar-refractivity contribution in [3.05, 3.63) is 65.7 Å². The summed E-state index contributed by atoms with van der Waals surface area (Å²) in [6, 6.07) is 3.08. The van der Waals surface area contributed by atoms with Gasteiger partial charge in [-0.05, 0) is 51.0 Å². The van der Waals surface area contributed by atoms with Gasteiger partial charge in [0.2, 0.25) is 36.2 Å². The maximum absolute atomic E-state index is 15.1. The molecule has 0 spiro atoms. The third-order valence-corrected chi connectivity index (χ3v) is 19.5. The Balaban J connectivity index is 0.914. The number of aliphatic hydroxyl groups is 10. The minimum absolute atomic E-state index is 0.132. The predicted octanol–water partition coefficient (Wildman–Crippen LogP) is -7.99. The van der Waals surface area contributed by atoms with Gasteiger partial charge in [0, 0.05) is 30.8 Å². The highest BCUT2D eigenvalue weighted by molar-refractivity contribution is 5.96. The lowest BCUT2D eigenvalue weighted by atomic mass is 9.93. The number of fused-ring (bicyclic) bond motifs is 3. The fourth-order valence-corrected chi connectivity index (χ4v) is 14.0. The second-order valence-electron chi connectivity index (χ2n) is 26.8. The van der Waals surface area contributed by atoms with Crippen LogP contribution < -0.4 is 47.7 Å². The first-order valence-corrected chi connectivity index (χ1v) is 31.6. The lowest BCUT2D eigenvalue weighted by Gasteiger charge is -2.46. The zero-order chi connectivity index (χ0) is 69.9.